The fourth-order valence-electron chi connectivity index (χ4n) is 4.33. The molecule has 0 amide bonds. The zero-order valence-electron chi connectivity index (χ0n) is 31.3. The van der Waals surface area contributed by atoms with Gasteiger partial charge in [-0.25, -0.2) is 0 Å². The van der Waals surface area contributed by atoms with Crippen molar-refractivity contribution in [3.8, 4) is 0 Å². The molecule has 2 aliphatic heterocycles. The number of hydrogen-bond donors (Lipinski definition) is 0. The van der Waals surface area contributed by atoms with Crippen molar-refractivity contribution in [1.29, 1.82) is 0 Å². The minimum Gasteiger partial charge on any atom is -0.466 e. The summed E-state index contributed by atoms with van der Waals surface area (Å²) in [4.78, 5) is 73.7. The zero-order chi connectivity index (χ0) is 38.3. The Labute approximate surface area is 299 Å². The molecule has 0 aromatic carbocycles. The van der Waals surface area contributed by atoms with Crippen molar-refractivity contribution in [3.05, 3.63) is 0 Å². The zero-order valence-corrected chi connectivity index (χ0v) is 31.3. The van der Waals surface area contributed by atoms with Gasteiger partial charge in [-0.2, -0.15) is 0 Å². The van der Waals surface area contributed by atoms with E-state index in [2.05, 4.69) is 0 Å². The van der Waals surface area contributed by atoms with Gasteiger partial charge in [-0.05, 0) is 41.5 Å². The van der Waals surface area contributed by atoms with Crippen LogP contribution < -0.4 is 0 Å². The Morgan fingerprint density at radius 1 is 0.471 bits per heavy atom. The fourth-order valence-corrected chi connectivity index (χ4v) is 4.33. The van der Waals surface area contributed by atoms with Crippen LogP contribution in [0.3, 0.4) is 0 Å². The van der Waals surface area contributed by atoms with E-state index in [0.29, 0.717) is 26.4 Å². The Bertz CT molecular complexity index is 1120. The average Bonchev–Trinajstić information content (AvgIpc) is 3.08. The summed E-state index contributed by atoms with van der Waals surface area (Å²) in [6, 6.07) is 0. The minimum absolute atomic E-state index is 0.0431. The van der Waals surface area contributed by atoms with E-state index < -0.39 is 63.6 Å². The first-order valence-corrected chi connectivity index (χ1v) is 17.2. The molecule has 51 heavy (non-hydrogen) atoms. The fraction of sp³-hybridized carbons (Fsp3) is 0.829. The summed E-state index contributed by atoms with van der Waals surface area (Å²) >= 11 is 0. The number of hydrogen-bond acceptors (Lipinski definition) is 16. The summed E-state index contributed by atoms with van der Waals surface area (Å²) in [6.07, 6.45) is -1.51. The van der Waals surface area contributed by atoms with Crippen LogP contribution in [0.2, 0.25) is 0 Å². The van der Waals surface area contributed by atoms with Gasteiger partial charge in [0.15, 0.2) is 11.6 Å². The predicted molar refractivity (Wildman–Crippen MR) is 175 cm³/mol. The van der Waals surface area contributed by atoms with Crippen LogP contribution in [-0.4, -0.2) is 113 Å². The van der Waals surface area contributed by atoms with E-state index in [4.69, 9.17) is 47.4 Å². The van der Waals surface area contributed by atoms with Gasteiger partial charge in [0.25, 0.3) is 0 Å². The van der Waals surface area contributed by atoms with Crippen molar-refractivity contribution in [2.24, 2.45) is 16.2 Å². The van der Waals surface area contributed by atoms with Gasteiger partial charge in [-0.1, -0.05) is 13.8 Å². The molecule has 0 unspecified atom stereocenters. The second kappa shape index (κ2) is 19.5. The van der Waals surface area contributed by atoms with Gasteiger partial charge in [-0.15, -0.1) is 0 Å². The van der Waals surface area contributed by atoms with Gasteiger partial charge < -0.3 is 47.4 Å². The number of ether oxygens (including phenoxy) is 10. The number of carbonyl (C=O) groups is 6. The monoisotopic (exact) mass is 732 g/mol. The summed E-state index contributed by atoms with van der Waals surface area (Å²) < 4.78 is 54.1. The first-order valence-electron chi connectivity index (χ1n) is 17.2. The molecule has 0 aromatic heterocycles. The van der Waals surface area contributed by atoms with Crippen LogP contribution in [0, 0.1) is 16.2 Å². The third kappa shape index (κ3) is 17.6. The number of carbonyl (C=O) groups excluding carboxylic acids is 6. The predicted octanol–water partition coefficient (Wildman–Crippen LogP) is 3.19. The van der Waals surface area contributed by atoms with E-state index in [1.165, 1.54) is 0 Å². The number of esters is 6. The van der Waals surface area contributed by atoms with Crippen molar-refractivity contribution in [2.45, 2.75) is 105 Å². The van der Waals surface area contributed by atoms with Crippen molar-refractivity contribution < 1.29 is 76.1 Å². The summed E-state index contributed by atoms with van der Waals surface area (Å²) in [5.41, 5.74) is -2.28. The van der Waals surface area contributed by atoms with Gasteiger partial charge in [0.2, 0.25) is 0 Å². The molecule has 16 nitrogen and oxygen atoms in total. The van der Waals surface area contributed by atoms with Crippen LogP contribution in [0.4, 0.5) is 0 Å². The van der Waals surface area contributed by atoms with Crippen LogP contribution in [0.5, 0.6) is 0 Å². The van der Waals surface area contributed by atoms with Crippen molar-refractivity contribution in [2.75, 3.05) is 66.1 Å². The molecule has 0 atom stereocenters. The number of rotatable bonds is 20. The topological polar surface area (TPSA) is 195 Å². The highest BCUT2D eigenvalue weighted by molar-refractivity contribution is 5.79. The third-order valence-electron chi connectivity index (χ3n) is 7.89. The molecule has 0 spiro atoms. The summed E-state index contributed by atoms with van der Waals surface area (Å²) in [6.45, 7) is 14.7. The van der Waals surface area contributed by atoms with E-state index in [-0.39, 0.29) is 78.2 Å². The molecule has 0 N–H and O–H groups in total. The van der Waals surface area contributed by atoms with Gasteiger partial charge in [-0.3, -0.25) is 28.8 Å². The molecule has 0 saturated carbocycles. The molecule has 0 radical (unpaired) electrons. The Morgan fingerprint density at radius 3 is 1.00 bits per heavy atom. The maximum absolute atomic E-state index is 12.6. The Balaban J connectivity index is 1.83. The summed E-state index contributed by atoms with van der Waals surface area (Å²) in [5.74, 6) is -5.39. The van der Waals surface area contributed by atoms with Crippen LogP contribution >= 0.6 is 0 Å². The largest absolute Gasteiger partial charge is 0.466 e. The lowest BCUT2D eigenvalue weighted by Gasteiger charge is -2.40. The highest BCUT2D eigenvalue weighted by atomic mass is 16.7. The van der Waals surface area contributed by atoms with Gasteiger partial charge in [0.1, 0.15) is 33.0 Å². The smallest absolute Gasteiger partial charge is 0.306 e. The standard InChI is InChI=1S/C35H56O16/c1-9-42-25(36)10-11-26(37)43-16-33(6,17-44-27(38)12-14-29(40)46-19-34(7)21-48-31(2,3)49-22-34)18-45-28(39)13-15-30(41)47-20-35(8)23-50-32(4,5)51-24-35/h9-24H2,1-8H3. The molecule has 0 aliphatic carbocycles. The molecular formula is C35H56O16. The van der Waals surface area contributed by atoms with E-state index in [9.17, 15) is 28.8 Å². The maximum atomic E-state index is 12.6. The summed E-state index contributed by atoms with van der Waals surface area (Å²) in [5, 5.41) is 0. The molecule has 0 bridgehead atoms. The highest BCUT2D eigenvalue weighted by Gasteiger charge is 2.39. The van der Waals surface area contributed by atoms with E-state index in [1.807, 2.05) is 13.8 Å². The first kappa shape index (κ1) is 43.8. The van der Waals surface area contributed by atoms with Gasteiger partial charge in [0.05, 0.1) is 77.0 Å². The van der Waals surface area contributed by atoms with E-state index in [0.717, 1.165) is 0 Å². The molecule has 2 saturated heterocycles. The SMILES string of the molecule is CCOC(=O)CCC(=O)OCC(C)(COC(=O)CCC(=O)OCC1(C)COC(C)(C)OC1)COC(=O)CCC(=O)OCC1(C)COC(C)(C)OC1. The molecule has 292 valence electrons. The van der Waals surface area contributed by atoms with Crippen molar-refractivity contribution in [3.63, 3.8) is 0 Å². The lowest BCUT2D eigenvalue weighted by atomic mass is 9.93. The average molecular weight is 733 g/mol. The Morgan fingerprint density at radius 2 is 0.725 bits per heavy atom. The summed E-state index contributed by atoms with van der Waals surface area (Å²) in [7, 11) is 0. The van der Waals surface area contributed by atoms with Gasteiger partial charge >= 0.3 is 35.8 Å². The lowest BCUT2D eigenvalue weighted by Crippen LogP contribution is -2.47. The van der Waals surface area contributed by atoms with E-state index in [1.54, 1.807) is 41.5 Å². The first-order chi connectivity index (χ1) is 23.7. The highest BCUT2D eigenvalue weighted by Crippen LogP contribution is 2.31. The van der Waals surface area contributed by atoms with Crippen LogP contribution in [-0.2, 0) is 76.1 Å². The Kier molecular flexibility index (Phi) is 16.7. The second-order valence-electron chi connectivity index (χ2n) is 15.0. The molecule has 2 aliphatic rings. The quantitative estimate of drug-likeness (QED) is 0.131. The molecule has 2 rings (SSSR count). The van der Waals surface area contributed by atoms with Crippen LogP contribution in [0.1, 0.15) is 93.9 Å². The van der Waals surface area contributed by atoms with E-state index >= 15 is 0 Å². The third-order valence-corrected chi connectivity index (χ3v) is 7.89. The molecule has 0 aromatic rings. The molecule has 16 heteroatoms. The minimum atomic E-state index is -1.21. The second-order valence-corrected chi connectivity index (χ2v) is 15.0. The van der Waals surface area contributed by atoms with Crippen LogP contribution in [0.15, 0.2) is 0 Å². The molecule has 2 fully saturated rings. The van der Waals surface area contributed by atoms with Crippen molar-refractivity contribution >= 4 is 35.8 Å². The maximum Gasteiger partial charge on any atom is 0.306 e. The Hall–Kier alpha value is -3.34. The van der Waals surface area contributed by atoms with Crippen LogP contribution in [0.25, 0.3) is 0 Å². The lowest BCUT2D eigenvalue weighted by molar-refractivity contribution is -0.287. The van der Waals surface area contributed by atoms with Gasteiger partial charge in [0, 0.05) is 10.8 Å². The van der Waals surface area contributed by atoms with Crippen molar-refractivity contribution in [1.82, 2.24) is 0 Å². The molecular weight excluding hydrogens is 676 g/mol. The normalized spacial score (nSPS) is 18.8. The molecule has 2 heterocycles.